The van der Waals surface area contributed by atoms with Crippen molar-refractivity contribution in [3.8, 4) is 0 Å². The number of rotatable bonds is 5. The first-order valence-corrected chi connectivity index (χ1v) is 9.30. The zero-order valence-corrected chi connectivity index (χ0v) is 16.8. The first-order chi connectivity index (χ1) is 14.3. The molecule has 0 saturated carbocycles. The summed E-state index contributed by atoms with van der Waals surface area (Å²) in [6.07, 6.45) is 0. The van der Waals surface area contributed by atoms with Gasteiger partial charge in [-0.2, -0.15) is 5.10 Å². The summed E-state index contributed by atoms with van der Waals surface area (Å²) in [7, 11) is 0. The van der Waals surface area contributed by atoms with Gasteiger partial charge in [-0.05, 0) is 32.9 Å². The Hall–Kier alpha value is -4.01. The second-order valence-corrected chi connectivity index (χ2v) is 7.02. The summed E-state index contributed by atoms with van der Waals surface area (Å²) in [5.74, 6) is -0.355. The van der Waals surface area contributed by atoms with Crippen LogP contribution < -0.4 is 11.1 Å². The van der Waals surface area contributed by atoms with Gasteiger partial charge in [-0.1, -0.05) is 23.4 Å². The van der Waals surface area contributed by atoms with Gasteiger partial charge in [-0.15, -0.1) is 0 Å². The van der Waals surface area contributed by atoms with Crippen molar-refractivity contribution in [2.45, 2.75) is 27.3 Å². The van der Waals surface area contributed by atoms with Crippen molar-refractivity contribution in [1.29, 1.82) is 0 Å². The maximum atomic E-state index is 13.1. The van der Waals surface area contributed by atoms with Crippen LogP contribution in [0.2, 0.25) is 0 Å². The third-order valence-corrected chi connectivity index (χ3v) is 4.82. The van der Waals surface area contributed by atoms with Gasteiger partial charge in [0.05, 0.1) is 34.7 Å². The standard InChI is InChI=1S/C21H20N6O3/c1-11-8-14(26-30-11)10-27-13(3)19(12(2)25-27)24-21(29)16-9-18(20(22)28)23-17-7-5-4-6-15(16)17/h4-9H,10H2,1-3H3,(H2,22,28)(H,24,29). The number of aryl methyl sites for hydroxylation is 2. The number of amides is 2. The maximum absolute atomic E-state index is 13.1. The summed E-state index contributed by atoms with van der Waals surface area (Å²) < 4.78 is 6.85. The SMILES string of the molecule is Cc1cc(Cn2nc(C)c(NC(=O)c3cc(C(N)=O)nc4ccccc34)c2C)no1. The Kier molecular flexibility index (Phi) is 4.78. The molecule has 0 spiro atoms. The number of pyridine rings is 1. The number of benzene rings is 1. The molecule has 9 heteroatoms. The molecule has 0 radical (unpaired) electrons. The summed E-state index contributed by atoms with van der Waals surface area (Å²) in [6, 6.07) is 10.3. The maximum Gasteiger partial charge on any atom is 0.267 e. The minimum Gasteiger partial charge on any atom is -0.364 e. The Balaban J connectivity index is 1.68. The summed E-state index contributed by atoms with van der Waals surface area (Å²) in [5, 5.41) is 12.0. The number of fused-ring (bicyclic) bond motifs is 1. The fourth-order valence-electron chi connectivity index (χ4n) is 3.35. The number of carbonyl (C=O) groups excluding carboxylic acids is 2. The average molecular weight is 404 g/mol. The molecule has 0 bridgehead atoms. The molecule has 0 saturated heterocycles. The van der Waals surface area contributed by atoms with Gasteiger partial charge in [0.1, 0.15) is 17.1 Å². The van der Waals surface area contributed by atoms with Crippen LogP contribution in [0.25, 0.3) is 10.9 Å². The van der Waals surface area contributed by atoms with Crippen LogP contribution >= 0.6 is 0 Å². The highest BCUT2D eigenvalue weighted by molar-refractivity contribution is 6.14. The highest BCUT2D eigenvalue weighted by atomic mass is 16.5. The Labute approximate surface area is 171 Å². The predicted molar refractivity (Wildman–Crippen MR) is 110 cm³/mol. The van der Waals surface area contributed by atoms with E-state index in [1.807, 2.05) is 26.8 Å². The molecule has 152 valence electrons. The van der Waals surface area contributed by atoms with E-state index in [2.05, 4.69) is 20.6 Å². The molecule has 2 amide bonds. The fourth-order valence-corrected chi connectivity index (χ4v) is 3.35. The van der Waals surface area contributed by atoms with E-state index in [9.17, 15) is 9.59 Å². The molecule has 30 heavy (non-hydrogen) atoms. The summed E-state index contributed by atoms with van der Waals surface area (Å²) >= 11 is 0. The lowest BCUT2D eigenvalue weighted by Crippen LogP contribution is -2.18. The van der Waals surface area contributed by atoms with Crippen LogP contribution in [0.1, 0.15) is 43.7 Å². The number of anilines is 1. The average Bonchev–Trinajstić information content (AvgIpc) is 3.24. The van der Waals surface area contributed by atoms with Gasteiger partial charge >= 0.3 is 0 Å². The highest BCUT2D eigenvalue weighted by Gasteiger charge is 2.19. The molecule has 0 aliphatic rings. The highest BCUT2D eigenvalue weighted by Crippen LogP contribution is 2.24. The van der Waals surface area contributed by atoms with Gasteiger partial charge in [-0.25, -0.2) is 4.98 Å². The molecule has 3 heterocycles. The van der Waals surface area contributed by atoms with Crippen molar-refractivity contribution in [3.63, 3.8) is 0 Å². The molecule has 0 aliphatic heterocycles. The predicted octanol–water partition coefficient (Wildman–Crippen LogP) is 2.74. The fraction of sp³-hybridized carbons (Fsp3) is 0.190. The smallest absolute Gasteiger partial charge is 0.267 e. The molecule has 0 aliphatic carbocycles. The number of aromatic nitrogens is 4. The number of nitrogens with one attached hydrogen (secondary N) is 1. The zero-order chi connectivity index (χ0) is 21.4. The second-order valence-electron chi connectivity index (χ2n) is 7.02. The number of para-hydroxylation sites is 1. The summed E-state index contributed by atoms with van der Waals surface area (Å²) in [5.41, 5.74) is 9.03. The molecule has 3 N–H and O–H groups in total. The van der Waals surface area contributed by atoms with Crippen LogP contribution in [0.3, 0.4) is 0 Å². The molecular formula is C21H20N6O3. The van der Waals surface area contributed by atoms with Gasteiger partial charge in [0.25, 0.3) is 11.8 Å². The third-order valence-electron chi connectivity index (χ3n) is 4.82. The van der Waals surface area contributed by atoms with E-state index in [0.717, 1.165) is 17.1 Å². The van der Waals surface area contributed by atoms with E-state index >= 15 is 0 Å². The van der Waals surface area contributed by atoms with Crippen molar-refractivity contribution < 1.29 is 14.1 Å². The van der Waals surface area contributed by atoms with Gasteiger partial charge in [-0.3, -0.25) is 14.3 Å². The lowest BCUT2D eigenvalue weighted by atomic mass is 10.1. The van der Waals surface area contributed by atoms with Crippen LogP contribution in [0.15, 0.2) is 40.9 Å². The number of hydrogen-bond donors (Lipinski definition) is 2. The topological polar surface area (TPSA) is 129 Å². The molecule has 3 aromatic heterocycles. The first-order valence-electron chi connectivity index (χ1n) is 9.30. The van der Waals surface area contributed by atoms with Gasteiger partial charge in [0.15, 0.2) is 0 Å². The van der Waals surface area contributed by atoms with Crippen LogP contribution in [-0.2, 0) is 6.54 Å². The molecule has 1 aromatic carbocycles. The second kappa shape index (κ2) is 7.43. The molecule has 4 rings (SSSR count). The molecule has 0 fully saturated rings. The first kappa shape index (κ1) is 19.3. The Morgan fingerprint density at radius 1 is 1.17 bits per heavy atom. The third kappa shape index (κ3) is 3.52. The lowest BCUT2D eigenvalue weighted by Gasteiger charge is -2.10. The molecule has 4 aromatic rings. The quantitative estimate of drug-likeness (QED) is 0.526. The lowest BCUT2D eigenvalue weighted by molar-refractivity contribution is 0.0996. The van der Waals surface area contributed by atoms with Crippen LogP contribution in [0.5, 0.6) is 0 Å². The van der Waals surface area contributed by atoms with Gasteiger partial charge in [0, 0.05) is 11.5 Å². The molecule has 0 atom stereocenters. The van der Waals surface area contributed by atoms with E-state index in [-0.39, 0.29) is 11.6 Å². The van der Waals surface area contributed by atoms with Crippen molar-refractivity contribution in [2.24, 2.45) is 5.73 Å². The molecular weight excluding hydrogens is 384 g/mol. The van der Waals surface area contributed by atoms with Gasteiger partial charge < -0.3 is 15.6 Å². The van der Waals surface area contributed by atoms with Crippen molar-refractivity contribution in [3.05, 3.63) is 70.5 Å². The summed E-state index contributed by atoms with van der Waals surface area (Å²) in [4.78, 5) is 29.0. The number of nitrogens with zero attached hydrogens (tertiary/aromatic N) is 4. The minimum absolute atomic E-state index is 0.0318. The molecule has 9 nitrogen and oxygen atoms in total. The van der Waals surface area contributed by atoms with Crippen molar-refractivity contribution in [2.75, 3.05) is 5.32 Å². The van der Waals surface area contributed by atoms with Crippen molar-refractivity contribution in [1.82, 2.24) is 19.9 Å². The normalized spacial score (nSPS) is 11.0. The van der Waals surface area contributed by atoms with Crippen LogP contribution in [0.4, 0.5) is 5.69 Å². The Morgan fingerprint density at radius 3 is 2.63 bits per heavy atom. The number of primary amides is 1. The Bertz CT molecular complexity index is 1290. The van der Waals surface area contributed by atoms with E-state index in [1.165, 1.54) is 6.07 Å². The van der Waals surface area contributed by atoms with E-state index in [0.29, 0.717) is 34.4 Å². The van der Waals surface area contributed by atoms with E-state index < -0.39 is 5.91 Å². The minimum atomic E-state index is -0.696. The van der Waals surface area contributed by atoms with Crippen molar-refractivity contribution >= 4 is 28.4 Å². The number of carbonyl (C=O) groups is 2. The molecule has 0 unspecified atom stereocenters. The number of hydrogen-bond acceptors (Lipinski definition) is 6. The monoisotopic (exact) mass is 404 g/mol. The number of nitrogens with two attached hydrogens (primary N) is 1. The van der Waals surface area contributed by atoms with E-state index in [4.69, 9.17) is 10.3 Å². The largest absolute Gasteiger partial charge is 0.364 e. The zero-order valence-electron chi connectivity index (χ0n) is 16.8. The van der Waals surface area contributed by atoms with Crippen LogP contribution in [0, 0.1) is 20.8 Å². The summed E-state index contributed by atoms with van der Waals surface area (Å²) in [6.45, 7) is 5.92. The van der Waals surface area contributed by atoms with E-state index in [1.54, 1.807) is 28.9 Å². The van der Waals surface area contributed by atoms with Crippen LogP contribution in [-0.4, -0.2) is 31.7 Å². The Morgan fingerprint density at radius 2 is 1.93 bits per heavy atom. The van der Waals surface area contributed by atoms with Gasteiger partial charge in [0.2, 0.25) is 0 Å².